The maximum Gasteiger partial charge on any atom is 0.273 e. The van der Waals surface area contributed by atoms with Gasteiger partial charge in [0.1, 0.15) is 28.2 Å². The predicted molar refractivity (Wildman–Crippen MR) is 107 cm³/mol. The van der Waals surface area contributed by atoms with E-state index in [0.29, 0.717) is 27.3 Å². The molecule has 0 fully saturated rings. The highest BCUT2D eigenvalue weighted by atomic mass is 32.1. The Bertz CT molecular complexity index is 1200. The molecule has 4 rings (SSSR count). The molecular weight excluding hydrogens is 378 g/mol. The van der Waals surface area contributed by atoms with Crippen molar-refractivity contribution in [2.75, 3.05) is 12.4 Å². The summed E-state index contributed by atoms with van der Waals surface area (Å²) in [6, 6.07) is 10.6. The summed E-state index contributed by atoms with van der Waals surface area (Å²) in [6.07, 6.45) is 4.68. The first-order valence-corrected chi connectivity index (χ1v) is 9.12. The van der Waals surface area contributed by atoms with E-state index in [2.05, 4.69) is 19.7 Å². The zero-order chi connectivity index (χ0) is 19.5. The lowest BCUT2D eigenvalue weighted by Crippen LogP contribution is -2.27. The summed E-state index contributed by atoms with van der Waals surface area (Å²) in [5.74, 6) is 0.293. The quantitative estimate of drug-likeness (QED) is 0.559. The highest BCUT2D eigenvalue weighted by Gasteiger charge is 2.15. The Morgan fingerprint density at radius 3 is 2.86 bits per heavy atom. The second kappa shape index (κ2) is 7.57. The zero-order valence-electron chi connectivity index (χ0n) is 14.8. The molecule has 0 saturated heterocycles. The van der Waals surface area contributed by atoms with E-state index in [9.17, 15) is 9.59 Å². The van der Waals surface area contributed by atoms with Crippen LogP contribution < -0.4 is 15.6 Å². The fraction of sp³-hybridized carbons (Fsp3) is 0.105. The van der Waals surface area contributed by atoms with Crippen LogP contribution in [0.2, 0.25) is 0 Å². The Labute approximate surface area is 163 Å². The number of fused-ring (bicyclic) bond motifs is 1. The third kappa shape index (κ3) is 3.47. The number of anilines is 1. The number of carbonyl (C=O) groups is 1. The van der Waals surface area contributed by atoms with Crippen molar-refractivity contribution in [1.29, 1.82) is 0 Å². The monoisotopic (exact) mass is 393 g/mol. The van der Waals surface area contributed by atoms with E-state index in [1.54, 1.807) is 43.8 Å². The summed E-state index contributed by atoms with van der Waals surface area (Å²) >= 11 is 1.07. The number of nitrogens with one attached hydrogen (secondary N) is 1. The maximum absolute atomic E-state index is 12.7. The van der Waals surface area contributed by atoms with Crippen LogP contribution in [0.4, 0.5) is 5.69 Å². The molecule has 140 valence electrons. The molecule has 1 N–H and O–H groups in total. The molecule has 9 heteroatoms. The fourth-order valence-electron chi connectivity index (χ4n) is 2.72. The van der Waals surface area contributed by atoms with Crippen LogP contribution in [-0.2, 0) is 11.3 Å². The highest BCUT2D eigenvalue weighted by molar-refractivity contribution is 7.13. The van der Waals surface area contributed by atoms with Crippen molar-refractivity contribution in [3.63, 3.8) is 0 Å². The minimum atomic E-state index is -0.338. The zero-order valence-corrected chi connectivity index (χ0v) is 15.6. The first-order chi connectivity index (χ1) is 13.7. The maximum atomic E-state index is 12.7. The van der Waals surface area contributed by atoms with Gasteiger partial charge in [-0.3, -0.25) is 19.1 Å². The number of rotatable bonds is 5. The van der Waals surface area contributed by atoms with Gasteiger partial charge in [-0.15, -0.1) is 0 Å². The first-order valence-electron chi connectivity index (χ1n) is 8.35. The van der Waals surface area contributed by atoms with Gasteiger partial charge in [-0.25, -0.2) is 4.98 Å². The Kier molecular flexibility index (Phi) is 4.81. The van der Waals surface area contributed by atoms with Crippen molar-refractivity contribution < 1.29 is 9.53 Å². The lowest BCUT2D eigenvalue weighted by Gasteiger charge is -2.08. The van der Waals surface area contributed by atoms with Crippen LogP contribution in [0.1, 0.15) is 0 Å². The smallest absolute Gasteiger partial charge is 0.273 e. The first kappa shape index (κ1) is 17.8. The summed E-state index contributed by atoms with van der Waals surface area (Å²) in [6.45, 7) is -0.151. The van der Waals surface area contributed by atoms with Crippen LogP contribution in [0.5, 0.6) is 5.75 Å². The molecule has 0 saturated carbocycles. The number of hydrogen-bond acceptors (Lipinski definition) is 7. The van der Waals surface area contributed by atoms with E-state index >= 15 is 0 Å². The molecule has 4 aromatic rings. The number of methoxy groups -OCH3 is 1. The van der Waals surface area contributed by atoms with Crippen molar-refractivity contribution in [3.8, 4) is 17.0 Å². The predicted octanol–water partition coefficient (Wildman–Crippen LogP) is 2.56. The molecule has 3 heterocycles. The summed E-state index contributed by atoms with van der Waals surface area (Å²) < 4.78 is 11.2. The van der Waals surface area contributed by atoms with E-state index in [0.717, 1.165) is 17.1 Å². The number of nitrogens with zero attached hydrogens (tertiary/aromatic N) is 4. The number of aromatic nitrogens is 4. The van der Waals surface area contributed by atoms with Crippen LogP contribution in [0, 0.1) is 0 Å². The average molecular weight is 393 g/mol. The normalized spacial score (nSPS) is 10.8. The largest absolute Gasteiger partial charge is 0.497 e. The Morgan fingerprint density at radius 1 is 1.25 bits per heavy atom. The van der Waals surface area contributed by atoms with E-state index in [1.165, 1.54) is 10.9 Å². The van der Waals surface area contributed by atoms with Crippen molar-refractivity contribution in [2.45, 2.75) is 6.54 Å². The van der Waals surface area contributed by atoms with Crippen LogP contribution >= 0.6 is 11.5 Å². The molecule has 0 aliphatic heterocycles. The van der Waals surface area contributed by atoms with Gasteiger partial charge >= 0.3 is 0 Å². The third-order valence-electron chi connectivity index (χ3n) is 4.07. The summed E-state index contributed by atoms with van der Waals surface area (Å²) in [5.41, 5.74) is 2.27. The van der Waals surface area contributed by atoms with Gasteiger partial charge in [-0.1, -0.05) is 6.07 Å². The van der Waals surface area contributed by atoms with Gasteiger partial charge in [-0.05, 0) is 35.8 Å². The Hall–Kier alpha value is -3.59. The second-order valence-electron chi connectivity index (χ2n) is 5.90. The molecular formula is C19H15N5O3S. The molecule has 0 atom stereocenters. The van der Waals surface area contributed by atoms with E-state index in [-0.39, 0.29) is 18.0 Å². The molecule has 8 nitrogen and oxygen atoms in total. The van der Waals surface area contributed by atoms with Gasteiger partial charge in [0.25, 0.3) is 5.56 Å². The number of hydrogen-bond donors (Lipinski definition) is 1. The van der Waals surface area contributed by atoms with E-state index in [1.807, 2.05) is 12.1 Å². The van der Waals surface area contributed by atoms with Gasteiger partial charge in [0.2, 0.25) is 5.91 Å². The second-order valence-corrected chi connectivity index (χ2v) is 6.68. The van der Waals surface area contributed by atoms with Crippen LogP contribution in [0.25, 0.3) is 21.5 Å². The third-order valence-corrected chi connectivity index (χ3v) is 4.89. The topological polar surface area (TPSA) is 99.0 Å². The number of benzene rings is 1. The van der Waals surface area contributed by atoms with Gasteiger partial charge in [-0.2, -0.15) is 4.37 Å². The molecule has 0 aliphatic carbocycles. The summed E-state index contributed by atoms with van der Waals surface area (Å²) in [4.78, 5) is 33.4. The van der Waals surface area contributed by atoms with Crippen LogP contribution in [-0.4, -0.2) is 31.9 Å². The van der Waals surface area contributed by atoms with E-state index < -0.39 is 0 Å². The SMILES string of the molecule is COc1cccc(NC(=O)Cn2cnc3c(-c4ccncc4)nsc3c2=O)c1. The number of pyridine rings is 1. The molecule has 0 unspecified atom stereocenters. The lowest BCUT2D eigenvalue weighted by atomic mass is 10.2. The van der Waals surface area contributed by atoms with Crippen molar-refractivity contribution in [2.24, 2.45) is 0 Å². The van der Waals surface area contributed by atoms with Gasteiger partial charge in [0, 0.05) is 29.7 Å². The van der Waals surface area contributed by atoms with Gasteiger partial charge < -0.3 is 10.1 Å². The molecule has 28 heavy (non-hydrogen) atoms. The van der Waals surface area contributed by atoms with E-state index in [4.69, 9.17) is 4.74 Å². The van der Waals surface area contributed by atoms with Crippen LogP contribution in [0.3, 0.4) is 0 Å². The molecule has 0 spiro atoms. The minimum Gasteiger partial charge on any atom is -0.497 e. The lowest BCUT2D eigenvalue weighted by molar-refractivity contribution is -0.116. The molecule has 0 radical (unpaired) electrons. The molecule has 3 aromatic heterocycles. The Balaban J connectivity index is 1.59. The molecule has 0 aliphatic rings. The standard InChI is InChI=1S/C19H15N5O3S/c1-27-14-4-2-3-13(9-14)22-15(25)10-24-11-21-17-16(12-5-7-20-8-6-12)23-28-18(17)19(24)26/h2-9,11H,10H2,1H3,(H,22,25). The molecule has 1 amide bonds. The summed E-state index contributed by atoms with van der Waals surface area (Å²) in [7, 11) is 1.55. The molecule has 0 bridgehead atoms. The van der Waals surface area contributed by atoms with Crippen molar-refractivity contribution in [3.05, 3.63) is 65.5 Å². The molecule has 1 aromatic carbocycles. The van der Waals surface area contributed by atoms with Crippen molar-refractivity contribution >= 4 is 33.3 Å². The number of carbonyl (C=O) groups excluding carboxylic acids is 1. The van der Waals surface area contributed by atoms with Crippen molar-refractivity contribution in [1.82, 2.24) is 18.9 Å². The fourth-order valence-corrected chi connectivity index (χ4v) is 3.53. The Morgan fingerprint density at radius 2 is 2.07 bits per heavy atom. The average Bonchev–Trinajstić information content (AvgIpc) is 3.16. The number of amides is 1. The summed E-state index contributed by atoms with van der Waals surface area (Å²) in [5, 5.41) is 2.75. The van der Waals surface area contributed by atoms with Gasteiger partial charge in [0.05, 0.1) is 13.4 Å². The van der Waals surface area contributed by atoms with Gasteiger partial charge in [0.15, 0.2) is 0 Å². The minimum absolute atomic E-state index is 0.151. The highest BCUT2D eigenvalue weighted by Crippen LogP contribution is 2.26. The number of ether oxygens (including phenoxy) is 1. The van der Waals surface area contributed by atoms with Crippen LogP contribution in [0.15, 0.2) is 59.9 Å².